The Balaban J connectivity index is 0.00000144. The lowest BCUT2D eigenvalue weighted by atomic mass is 9.82. The lowest BCUT2D eigenvalue weighted by Crippen LogP contribution is -2.31. The Bertz CT molecular complexity index is 210. The highest BCUT2D eigenvalue weighted by Crippen LogP contribution is 2.30. The zero-order valence-electron chi connectivity index (χ0n) is 11.5. The Morgan fingerprint density at radius 3 is 2.71 bits per heavy atom. The summed E-state index contributed by atoms with van der Waals surface area (Å²) in [5.41, 5.74) is 0. The van der Waals surface area contributed by atoms with E-state index in [1.165, 1.54) is 58.3 Å². The van der Waals surface area contributed by atoms with Gasteiger partial charge in [-0.05, 0) is 57.2 Å². The summed E-state index contributed by atoms with van der Waals surface area (Å²) < 4.78 is 0. The summed E-state index contributed by atoms with van der Waals surface area (Å²) in [7, 11) is 2.07. The predicted molar refractivity (Wildman–Crippen MR) is 76.8 cm³/mol. The van der Waals surface area contributed by atoms with Crippen LogP contribution in [0.5, 0.6) is 0 Å². The van der Waals surface area contributed by atoms with Gasteiger partial charge in [-0.1, -0.05) is 19.8 Å². The number of nitrogens with one attached hydrogen (secondary N) is 1. The normalized spacial score (nSPS) is 34.6. The van der Waals surface area contributed by atoms with E-state index >= 15 is 0 Å². The molecule has 17 heavy (non-hydrogen) atoms. The Kier molecular flexibility index (Phi) is 6.83. The van der Waals surface area contributed by atoms with E-state index in [0.29, 0.717) is 0 Å². The molecule has 0 aromatic carbocycles. The summed E-state index contributed by atoms with van der Waals surface area (Å²) in [6.45, 7) is 7.70. The molecule has 0 radical (unpaired) electrons. The summed E-state index contributed by atoms with van der Waals surface area (Å²) in [6.07, 6.45) is 7.31. The van der Waals surface area contributed by atoms with Gasteiger partial charge in [0.25, 0.3) is 0 Å². The van der Waals surface area contributed by atoms with Crippen LogP contribution >= 0.6 is 12.4 Å². The van der Waals surface area contributed by atoms with Crippen molar-refractivity contribution < 1.29 is 0 Å². The van der Waals surface area contributed by atoms with Gasteiger partial charge in [0.2, 0.25) is 0 Å². The van der Waals surface area contributed by atoms with Crippen molar-refractivity contribution in [1.82, 2.24) is 10.2 Å². The van der Waals surface area contributed by atoms with Crippen LogP contribution in [0.15, 0.2) is 0 Å². The van der Waals surface area contributed by atoms with Gasteiger partial charge in [0.05, 0.1) is 0 Å². The second-order valence-corrected chi connectivity index (χ2v) is 6.11. The molecule has 0 spiro atoms. The van der Waals surface area contributed by atoms with Crippen LogP contribution in [0.1, 0.15) is 39.0 Å². The minimum atomic E-state index is 0. The molecule has 0 bridgehead atoms. The number of rotatable bonds is 4. The summed E-state index contributed by atoms with van der Waals surface area (Å²) in [6, 6.07) is 0. The number of hydrogen-bond acceptors (Lipinski definition) is 2. The van der Waals surface area contributed by atoms with Crippen molar-refractivity contribution in [2.75, 3.05) is 33.2 Å². The van der Waals surface area contributed by atoms with Gasteiger partial charge >= 0.3 is 0 Å². The Morgan fingerprint density at radius 1 is 1.18 bits per heavy atom. The van der Waals surface area contributed by atoms with Crippen molar-refractivity contribution in [3.63, 3.8) is 0 Å². The van der Waals surface area contributed by atoms with Crippen molar-refractivity contribution in [2.45, 2.75) is 39.0 Å². The van der Waals surface area contributed by atoms with E-state index in [4.69, 9.17) is 0 Å². The van der Waals surface area contributed by atoms with E-state index in [-0.39, 0.29) is 12.4 Å². The van der Waals surface area contributed by atoms with Crippen molar-refractivity contribution in [1.29, 1.82) is 0 Å². The summed E-state index contributed by atoms with van der Waals surface area (Å²) in [5, 5.41) is 3.31. The molecule has 2 rings (SSSR count). The molecule has 1 heterocycles. The topological polar surface area (TPSA) is 15.3 Å². The number of halogens is 1. The van der Waals surface area contributed by atoms with E-state index in [2.05, 4.69) is 24.2 Å². The number of hydrogen-bond donors (Lipinski definition) is 1. The van der Waals surface area contributed by atoms with Crippen LogP contribution in [0.3, 0.4) is 0 Å². The van der Waals surface area contributed by atoms with Crippen LogP contribution in [0.4, 0.5) is 0 Å². The monoisotopic (exact) mass is 260 g/mol. The molecule has 102 valence electrons. The second-order valence-electron chi connectivity index (χ2n) is 6.11. The van der Waals surface area contributed by atoms with Gasteiger partial charge in [-0.15, -0.1) is 12.4 Å². The fourth-order valence-corrected chi connectivity index (χ4v) is 3.62. The Labute approximate surface area is 113 Å². The van der Waals surface area contributed by atoms with Crippen molar-refractivity contribution in [3.8, 4) is 0 Å². The average molecular weight is 261 g/mol. The fraction of sp³-hybridized carbons (Fsp3) is 1.00. The van der Waals surface area contributed by atoms with Gasteiger partial charge in [0, 0.05) is 13.1 Å². The van der Waals surface area contributed by atoms with E-state index < -0.39 is 0 Å². The highest BCUT2D eigenvalue weighted by molar-refractivity contribution is 5.85. The molecule has 3 atom stereocenters. The van der Waals surface area contributed by atoms with E-state index in [1.54, 1.807) is 0 Å². The smallest absolute Gasteiger partial charge is 0.00224 e. The third-order valence-electron chi connectivity index (χ3n) is 4.42. The number of nitrogens with zero attached hydrogens (tertiary/aromatic N) is 1. The molecule has 3 unspecified atom stereocenters. The first-order valence-corrected chi connectivity index (χ1v) is 7.15. The molecule has 0 aromatic heterocycles. The van der Waals surface area contributed by atoms with E-state index in [1.807, 2.05) is 0 Å². The van der Waals surface area contributed by atoms with Crippen LogP contribution in [0.25, 0.3) is 0 Å². The van der Waals surface area contributed by atoms with Crippen LogP contribution < -0.4 is 5.32 Å². The Hall–Kier alpha value is 0.210. The van der Waals surface area contributed by atoms with Gasteiger partial charge in [0.15, 0.2) is 0 Å². The first-order valence-electron chi connectivity index (χ1n) is 7.15. The predicted octanol–water partition coefficient (Wildman–Crippen LogP) is 2.78. The molecule has 2 fully saturated rings. The highest BCUT2D eigenvalue weighted by atomic mass is 35.5. The van der Waals surface area contributed by atoms with Gasteiger partial charge in [0.1, 0.15) is 0 Å². The van der Waals surface area contributed by atoms with E-state index in [9.17, 15) is 0 Å². The largest absolute Gasteiger partial charge is 0.319 e. The molecule has 1 aliphatic heterocycles. The third kappa shape index (κ3) is 4.76. The van der Waals surface area contributed by atoms with Crippen molar-refractivity contribution >= 4 is 12.4 Å². The molecule has 2 aliphatic rings. The molecular formula is C14H29ClN2. The van der Waals surface area contributed by atoms with E-state index in [0.717, 1.165) is 17.8 Å². The Morgan fingerprint density at radius 2 is 2.00 bits per heavy atom. The van der Waals surface area contributed by atoms with Gasteiger partial charge < -0.3 is 10.2 Å². The minimum Gasteiger partial charge on any atom is -0.319 e. The molecule has 0 aromatic rings. The zero-order valence-corrected chi connectivity index (χ0v) is 12.3. The highest BCUT2D eigenvalue weighted by Gasteiger charge is 2.26. The molecule has 1 aliphatic carbocycles. The average Bonchev–Trinajstić information content (AvgIpc) is 2.66. The molecule has 3 heteroatoms. The quantitative estimate of drug-likeness (QED) is 0.836. The van der Waals surface area contributed by atoms with Crippen molar-refractivity contribution in [3.05, 3.63) is 0 Å². The molecular weight excluding hydrogens is 232 g/mol. The lowest BCUT2D eigenvalue weighted by molar-refractivity contribution is 0.199. The first-order chi connectivity index (χ1) is 7.78. The molecule has 0 amide bonds. The molecule has 1 N–H and O–H groups in total. The van der Waals surface area contributed by atoms with Gasteiger partial charge in [-0.2, -0.15) is 0 Å². The maximum atomic E-state index is 3.31. The minimum absolute atomic E-state index is 0. The first kappa shape index (κ1) is 15.3. The van der Waals surface area contributed by atoms with Gasteiger partial charge in [-0.25, -0.2) is 0 Å². The third-order valence-corrected chi connectivity index (χ3v) is 4.42. The fourth-order valence-electron chi connectivity index (χ4n) is 3.62. The standard InChI is InChI=1S/C14H28N2.ClH/c1-12-4-3-5-13(8-12)10-16-7-6-14(11-16)9-15-2;/h12-15H,3-11H2,1-2H3;1H. The van der Waals surface area contributed by atoms with Crippen LogP contribution in [0.2, 0.25) is 0 Å². The van der Waals surface area contributed by atoms with Crippen LogP contribution in [-0.2, 0) is 0 Å². The SMILES string of the molecule is CNCC1CCN(CC2CCCC(C)C2)C1.Cl. The summed E-state index contributed by atoms with van der Waals surface area (Å²) in [4.78, 5) is 2.71. The van der Waals surface area contributed by atoms with Crippen LogP contribution in [-0.4, -0.2) is 38.1 Å². The molecule has 1 saturated carbocycles. The molecule has 2 nitrogen and oxygen atoms in total. The summed E-state index contributed by atoms with van der Waals surface area (Å²) >= 11 is 0. The number of likely N-dealkylation sites (tertiary alicyclic amines) is 1. The molecule has 1 saturated heterocycles. The lowest BCUT2D eigenvalue weighted by Gasteiger charge is -2.30. The van der Waals surface area contributed by atoms with Crippen molar-refractivity contribution in [2.24, 2.45) is 17.8 Å². The van der Waals surface area contributed by atoms with Gasteiger partial charge in [-0.3, -0.25) is 0 Å². The summed E-state index contributed by atoms with van der Waals surface area (Å²) in [5.74, 6) is 2.89. The maximum Gasteiger partial charge on any atom is 0.00224 e. The zero-order chi connectivity index (χ0) is 11.4. The maximum absolute atomic E-state index is 3.31. The van der Waals surface area contributed by atoms with Crippen LogP contribution in [0, 0.1) is 17.8 Å². The second kappa shape index (κ2) is 7.60.